The fourth-order valence-corrected chi connectivity index (χ4v) is 2.64. The van der Waals surface area contributed by atoms with E-state index < -0.39 is 0 Å². The fraction of sp³-hybridized carbons (Fsp3) is 0.150. The van der Waals surface area contributed by atoms with Crippen LogP contribution < -0.4 is 10.6 Å². The topological polar surface area (TPSA) is 66.9 Å². The number of aromatic nitrogens is 2. The summed E-state index contributed by atoms with van der Waals surface area (Å²) in [7, 11) is 0. The molecule has 5 nitrogen and oxygen atoms in total. The zero-order valence-electron chi connectivity index (χ0n) is 14.2. The number of carbonyl (C=O) groups is 1. The van der Waals surface area contributed by atoms with E-state index >= 15 is 0 Å². The van der Waals surface area contributed by atoms with Crippen LogP contribution >= 0.6 is 11.6 Å². The van der Waals surface area contributed by atoms with Crippen LogP contribution in [-0.4, -0.2) is 22.4 Å². The van der Waals surface area contributed by atoms with Gasteiger partial charge in [0.1, 0.15) is 11.5 Å². The highest BCUT2D eigenvalue weighted by atomic mass is 35.5. The van der Waals surface area contributed by atoms with Crippen molar-refractivity contribution >= 4 is 29.0 Å². The summed E-state index contributed by atoms with van der Waals surface area (Å²) in [4.78, 5) is 20.6. The minimum atomic E-state index is -0.324. The van der Waals surface area contributed by atoms with Gasteiger partial charge in [-0.25, -0.2) is 9.97 Å². The van der Waals surface area contributed by atoms with E-state index in [0.717, 1.165) is 19.4 Å². The molecule has 0 radical (unpaired) electrons. The second-order valence-electron chi connectivity index (χ2n) is 5.77. The van der Waals surface area contributed by atoms with Crippen LogP contribution in [0.3, 0.4) is 0 Å². The van der Waals surface area contributed by atoms with Crippen LogP contribution in [0.15, 0.2) is 67.0 Å². The molecule has 26 heavy (non-hydrogen) atoms. The Morgan fingerprint density at radius 3 is 2.58 bits per heavy atom. The summed E-state index contributed by atoms with van der Waals surface area (Å²) in [6.07, 6.45) is 5.01. The highest BCUT2D eigenvalue weighted by Gasteiger charge is 2.08. The van der Waals surface area contributed by atoms with E-state index in [1.807, 2.05) is 18.2 Å². The minimum Gasteiger partial charge on any atom is -0.369 e. The van der Waals surface area contributed by atoms with Crippen LogP contribution in [0.5, 0.6) is 0 Å². The summed E-state index contributed by atoms with van der Waals surface area (Å²) in [5, 5.41) is 6.52. The smallest absolute Gasteiger partial charge is 0.275 e. The van der Waals surface area contributed by atoms with Gasteiger partial charge in [0.05, 0.1) is 12.4 Å². The average molecular weight is 367 g/mol. The van der Waals surface area contributed by atoms with E-state index in [4.69, 9.17) is 11.6 Å². The van der Waals surface area contributed by atoms with Crippen LogP contribution in [-0.2, 0) is 6.42 Å². The SMILES string of the molecule is O=C(Nc1cccc(Cl)c1)c1cnc(NCCCc2ccccc2)cn1. The van der Waals surface area contributed by atoms with Crippen molar-refractivity contribution in [3.8, 4) is 0 Å². The first-order chi connectivity index (χ1) is 12.7. The Labute approximate surface area is 157 Å². The quantitative estimate of drug-likeness (QED) is 0.607. The van der Waals surface area contributed by atoms with Gasteiger partial charge in [-0.15, -0.1) is 0 Å². The van der Waals surface area contributed by atoms with Crippen molar-refractivity contribution in [2.24, 2.45) is 0 Å². The van der Waals surface area contributed by atoms with Gasteiger partial charge in [-0.2, -0.15) is 0 Å². The molecular formula is C20H19ClN4O. The lowest BCUT2D eigenvalue weighted by atomic mass is 10.1. The number of nitrogens with zero attached hydrogens (tertiary/aromatic N) is 2. The summed E-state index contributed by atoms with van der Waals surface area (Å²) in [5.41, 5.74) is 2.18. The predicted molar refractivity (Wildman–Crippen MR) is 105 cm³/mol. The van der Waals surface area contributed by atoms with Crippen molar-refractivity contribution in [2.75, 3.05) is 17.2 Å². The molecule has 0 unspecified atom stereocenters. The molecule has 1 amide bonds. The Morgan fingerprint density at radius 1 is 1.00 bits per heavy atom. The van der Waals surface area contributed by atoms with E-state index in [1.54, 1.807) is 30.5 Å². The Bertz CT molecular complexity index is 853. The van der Waals surface area contributed by atoms with E-state index in [0.29, 0.717) is 16.5 Å². The van der Waals surface area contributed by atoms with Crippen LogP contribution in [0.25, 0.3) is 0 Å². The second-order valence-corrected chi connectivity index (χ2v) is 6.20. The largest absolute Gasteiger partial charge is 0.369 e. The van der Waals surface area contributed by atoms with Gasteiger partial charge in [-0.1, -0.05) is 48.0 Å². The monoisotopic (exact) mass is 366 g/mol. The molecule has 2 N–H and O–H groups in total. The van der Waals surface area contributed by atoms with E-state index in [2.05, 4.69) is 32.7 Å². The van der Waals surface area contributed by atoms with Crippen molar-refractivity contribution in [2.45, 2.75) is 12.8 Å². The number of carbonyl (C=O) groups excluding carboxylic acids is 1. The third-order valence-electron chi connectivity index (χ3n) is 3.76. The number of hydrogen-bond donors (Lipinski definition) is 2. The van der Waals surface area contributed by atoms with Crippen molar-refractivity contribution in [3.05, 3.63) is 83.3 Å². The normalized spacial score (nSPS) is 10.3. The first kappa shape index (κ1) is 17.9. The number of rotatable bonds is 7. The second kappa shape index (κ2) is 8.97. The summed E-state index contributed by atoms with van der Waals surface area (Å²) >= 11 is 5.91. The average Bonchev–Trinajstić information content (AvgIpc) is 2.66. The van der Waals surface area contributed by atoms with Crippen LogP contribution in [0.1, 0.15) is 22.5 Å². The number of amides is 1. The van der Waals surface area contributed by atoms with Crippen LogP contribution in [0, 0.1) is 0 Å². The van der Waals surface area contributed by atoms with Crippen LogP contribution in [0.4, 0.5) is 11.5 Å². The van der Waals surface area contributed by atoms with Crippen LogP contribution in [0.2, 0.25) is 5.02 Å². The number of hydrogen-bond acceptors (Lipinski definition) is 4. The molecule has 0 spiro atoms. The summed E-state index contributed by atoms with van der Waals surface area (Å²) < 4.78 is 0. The molecule has 0 aliphatic rings. The Hall–Kier alpha value is -2.92. The number of halogens is 1. The van der Waals surface area contributed by atoms with Gasteiger partial charge in [-0.3, -0.25) is 4.79 Å². The first-order valence-corrected chi connectivity index (χ1v) is 8.75. The molecule has 0 atom stereocenters. The molecule has 0 saturated heterocycles. The summed E-state index contributed by atoms with van der Waals surface area (Å²) in [6.45, 7) is 0.789. The Kier molecular flexibility index (Phi) is 6.17. The van der Waals surface area contributed by atoms with E-state index in [1.165, 1.54) is 11.8 Å². The van der Waals surface area contributed by atoms with Crippen molar-refractivity contribution in [1.82, 2.24) is 9.97 Å². The van der Waals surface area contributed by atoms with Gasteiger partial charge in [0.25, 0.3) is 5.91 Å². The van der Waals surface area contributed by atoms with E-state index in [9.17, 15) is 4.79 Å². The minimum absolute atomic E-state index is 0.250. The maximum absolute atomic E-state index is 12.2. The van der Waals surface area contributed by atoms with Gasteiger partial charge >= 0.3 is 0 Å². The zero-order chi connectivity index (χ0) is 18.2. The number of benzene rings is 2. The molecule has 1 heterocycles. The number of aryl methyl sites for hydroxylation is 1. The maximum atomic E-state index is 12.2. The van der Waals surface area contributed by atoms with Gasteiger partial charge in [0, 0.05) is 17.3 Å². The zero-order valence-corrected chi connectivity index (χ0v) is 14.9. The Balaban J connectivity index is 1.47. The molecule has 0 fully saturated rings. The predicted octanol–water partition coefficient (Wildman–Crippen LogP) is 4.43. The molecule has 0 bridgehead atoms. The number of nitrogens with one attached hydrogen (secondary N) is 2. The molecular weight excluding hydrogens is 348 g/mol. The van der Waals surface area contributed by atoms with Crippen molar-refractivity contribution < 1.29 is 4.79 Å². The third-order valence-corrected chi connectivity index (χ3v) is 3.99. The van der Waals surface area contributed by atoms with E-state index in [-0.39, 0.29) is 11.6 Å². The van der Waals surface area contributed by atoms with Crippen molar-refractivity contribution in [3.63, 3.8) is 0 Å². The van der Waals surface area contributed by atoms with Crippen molar-refractivity contribution in [1.29, 1.82) is 0 Å². The summed E-state index contributed by atoms with van der Waals surface area (Å²) in [5.74, 6) is 0.327. The molecule has 0 aliphatic carbocycles. The lowest BCUT2D eigenvalue weighted by Gasteiger charge is -2.07. The fourth-order valence-electron chi connectivity index (χ4n) is 2.45. The lowest BCUT2D eigenvalue weighted by molar-refractivity contribution is 0.102. The maximum Gasteiger partial charge on any atom is 0.275 e. The first-order valence-electron chi connectivity index (χ1n) is 8.37. The molecule has 0 saturated carbocycles. The van der Waals surface area contributed by atoms with Gasteiger partial charge in [-0.05, 0) is 36.6 Å². The third kappa shape index (κ3) is 5.29. The Morgan fingerprint density at radius 2 is 1.85 bits per heavy atom. The molecule has 3 rings (SSSR count). The van der Waals surface area contributed by atoms with Gasteiger partial charge < -0.3 is 10.6 Å². The molecule has 132 valence electrons. The molecule has 0 aliphatic heterocycles. The summed E-state index contributed by atoms with van der Waals surface area (Å²) in [6, 6.07) is 17.3. The molecule has 1 aromatic heterocycles. The molecule has 2 aromatic carbocycles. The standard InChI is InChI=1S/C20H19ClN4O/c21-16-9-4-10-17(12-16)25-20(26)18-13-24-19(14-23-18)22-11-5-8-15-6-2-1-3-7-15/h1-4,6-7,9-10,12-14H,5,8,11H2,(H,22,24)(H,25,26). The highest BCUT2D eigenvalue weighted by Crippen LogP contribution is 2.15. The molecule has 3 aromatic rings. The van der Waals surface area contributed by atoms with Gasteiger partial charge in [0.15, 0.2) is 0 Å². The number of anilines is 2. The van der Waals surface area contributed by atoms with Gasteiger partial charge in [0.2, 0.25) is 0 Å². The lowest BCUT2D eigenvalue weighted by Crippen LogP contribution is -2.14. The highest BCUT2D eigenvalue weighted by molar-refractivity contribution is 6.30. The molecule has 6 heteroatoms.